The third-order valence-electron chi connectivity index (χ3n) is 3.00. The molecule has 0 heterocycles. The number of hydrogen-bond acceptors (Lipinski definition) is 3. The van der Waals surface area contributed by atoms with E-state index < -0.39 is 5.66 Å². The Morgan fingerprint density at radius 3 is 2.81 bits per heavy atom. The highest BCUT2D eigenvalue weighted by Gasteiger charge is 2.31. The lowest BCUT2D eigenvalue weighted by molar-refractivity contribution is 0.407. The molecule has 1 aromatic carbocycles. The number of nitrogens with two attached hydrogens (primary N) is 2. The van der Waals surface area contributed by atoms with E-state index in [2.05, 4.69) is 11.4 Å². The van der Waals surface area contributed by atoms with Gasteiger partial charge in [-0.3, -0.25) is 5.32 Å². The van der Waals surface area contributed by atoms with Gasteiger partial charge in [0, 0.05) is 11.6 Å². The van der Waals surface area contributed by atoms with Crippen molar-refractivity contribution in [3.8, 4) is 0 Å². The molecule has 2 unspecified atom stereocenters. The van der Waals surface area contributed by atoms with Gasteiger partial charge >= 0.3 is 0 Å². The zero-order chi connectivity index (χ0) is 11.6. The fourth-order valence-corrected chi connectivity index (χ4v) is 2.03. The Morgan fingerprint density at radius 1 is 1.31 bits per heavy atom. The Labute approximate surface area is 95.8 Å². The fourth-order valence-electron chi connectivity index (χ4n) is 2.03. The molecule has 0 aliphatic heterocycles. The molecular formula is C13H17N3. The molecule has 3 nitrogen and oxygen atoms in total. The van der Waals surface area contributed by atoms with E-state index in [0.717, 1.165) is 11.3 Å². The van der Waals surface area contributed by atoms with E-state index in [1.807, 2.05) is 49.5 Å². The van der Waals surface area contributed by atoms with E-state index in [1.54, 1.807) is 0 Å². The summed E-state index contributed by atoms with van der Waals surface area (Å²) in [5.74, 6) is 0.103. The topological polar surface area (TPSA) is 64.1 Å². The van der Waals surface area contributed by atoms with E-state index >= 15 is 0 Å². The van der Waals surface area contributed by atoms with Gasteiger partial charge in [0.15, 0.2) is 0 Å². The van der Waals surface area contributed by atoms with Crippen LogP contribution in [0.5, 0.6) is 0 Å². The minimum absolute atomic E-state index is 0.103. The highest BCUT2D eigenvalue weighted by Crippen LogP contribution is 2.30. The van der Waals surface area contributed by atoms with Crippen LogP contribution in [0.15, 0.2) is 48.6 Å². The van der Waals surface area contributed by atoms with Gasteiger partial charge in [0.25, 0.3) is 0 Å². The lowest BCUT2D eigenvalue weighted by Crippen LogP contribution is -2.54. The van der Waals surface area contributed by atoms with Crippen LogP contribution in [-0.4, -0.2) is 12.7 Å². The van der Waals surface area contributed by atoms with Gasteiger partial charge in [0.05, 0.1) is 5.66 Å². The van der Waals surface area contributed by atoms with Gasteiger partial charge in [-0.1, -0.05) is 30.4 Å². The predicted octanol–water partition coefficient (Wildman–Crippen LogP) is 1.35. The summed E-state index contributed by atoms with van der Waals surface area (Å²) < 4.78 is 0. The lowest BCUT2D eigenvalue weighted by Gasteiger charge is -2.35. The fraction of sp³-hybridized carbons (Fsp3) is 0.231. The largest absolute Gasteiger partial charge is 0.399 e. The summed E-state index contributed by atoms with van der Waals surface area (Å²) in [4.78, 5) is 0. The minimum atomic E-state index is -0.539. The van der Waals surface area contributed by atoms with E-state index in [9.17, 15) is 0 Å². The molecule has 2 atom stereocenters. The number of anilines is 1. The minimum Gasteiger partial charge on any atom is -0.399 e. The Balaban J connectivity index is 2.39. The van der Waals surface area contributed by atoms with Crippen LogP contribution in [0.1, 0.15) is 11.5 Å². The van der Waals surface area contributed by atoms with Gasteiger partial charge in [-0.25, -0.2) is 0 Å². The van der Waals surface area contributed by atoms with Crippen molar-refractivity contribution in [1.29, 1.82) is 0 Å². The zero-order valence-corrected chi connectivity index (χ0v) is 9.35. The predicted molar refractivity (Wildman–Crippen MR) is 67.9 cm³/mol. The number of allylic oxidation sites excluding steroid dienone is 2. The molecule has 84 valence electrons. The summed E-state index contributed by atoms with van der Waals surface area (Å²) in [6.45, 7) is 0. The first-order valence-corrected chi connectivity index (χ1v) is 5.35. The molecule has 1 aliphatic carbocycles. The van der Waals surface area contributed by atoms with Crippen LogP contribution in [0.25, 0.3) is 0 Å². The second kappa shape index (κ2) is 4.12. The van der Waals surface area contributed by atoms with Crippen LogP contribution in [0.3, 0.4) is 0 Å². The highest BCUT2D eigenvalue weighted by molar-refractivity contribution is 5.45. The molecule has 0 radical (unpaired) electrons. The molecule has 1 aliphatic rings. The van der Waals surface area contributed by atoms with E-state index in [4.69, 9.17) is 11.5 Å². The van der Waals surface area contributed by atoms with E-state index in [-0.39, 0.29) is 5.92 Å². The molecule has 0 saturated heterocycles. The van der Waals surface area contributed by atoms with E-state index in [1.165, 1.54) is 0 Å². The normalized spacial score (nSPS) is 28.2. The summed E-state index contributed by atoms with van der Waals surface area (Å²) in [7, 11) is 1.86. The average molecular weight is 215 g/mol. The van der Waals surface area contributed by atoms with Crippen LogP contribution < -0.4 is 16.8 Å². The second-order valence-corrected chi connectivity index (χ2v) is 4.07. The first-order valence-electron chi connectivity index (χ1n) is 5.35. The first kappa shape index (κ1) is 10.9. The summed E-state index contributed by atoms with van der Waals surface area (Å²) >= 11 is 0. The lowest BCUT2D eigenvalue weighted by atomic mass is 9.83. The monoisotopic (exact) mass is 215 g/mol. The third-order valence-corrected chi connectivity index (χ3v) is 3.00. The highest BCUT2D eigenvalue weighted by atomic mass is 15.1. The number of likely N-dealkylation sites (N-methyl/N-ethyl adjacent to an activating group) is 1. The van der Waals surface area contributed by atoms with E-state index in [0.29, 0.717) is 0 Å². The molecule has 0 spiro atoms. The Kier molecular flexibility index (Phi) is 2.81. The molecule has 0 bridgehead atoms. The molecule has 5 N–H and O–H groups in total. The van der Waals surface area contributed by atoms with Crippen molar-refractivity contribution in [3.05, 3.63) is 54.1 Å². The standard InChI is InChI=1S/C13H17N3/c1-16-13(15)8-3-2-7-12(13)10-5-4-6-11(14)9-10/h2-9,12,16H,14-15H2,1H3. The Morgan fingerprint density at radius 2 is 2.12 bits per heavy atom. The molecule has 0 amide bonds. The Bertz CT molecular complexity index is 437. The maximum atomic E-state index is 6.29. The molecule has 3 heteroatoms. The number of hydrogen-bond donors (Lipinski definition) is 3. The van der Waals surface area contributed by atoms with Crippen molar-refractivity contribution in [1.82, 2.24) is 5.32 Å². The van der Waals surface area contributed by atoms with Gasteiger partial charge in [-0.2, -0.15) is 0 Å². The van der Waals surface area contributed by atoms with Gasteiger partial charge in [-0.05, 0) is 30.8 Å². The summed E-state index contributed by atoms with van der Waals surface area (Å²) in [5, 5.41) is 3.15. The second-order valence-electron chi connectivity index (χ2n) is 4.07. The molecule has 16 heavy (non-hydrogen) atoms. The quantitative estimate of drug-likeness (QED) is 0.515. The van der Waals surface area contributed by atoms with Gasteiger partial charge in [-0.15, -0.1) is 0 Å². The third kappa shape index (κ3) is 1.87. The van der Waals surface area contributed by atoms with Crippen molar-refractivity contribution < 1.29 is 0 Å². The smallest absolute Gasteiger partial charge is 0.0960 e. The van der Waals surface area contributed by atoms with Gasteiger partial charge in [0.1, 0.15) is 0 Å². The molecule has 0 fully saturated rings. The number of nitrogen functional groups attached to an aromatic ring is 1. The first-order chi connectivity index (χ1) is 7.65. The van der Waals surface area contributed by atoms with Crippen molar-refractivity contribution in [3.63, 3.8) is 0 Å². The zero-order valence-electron chi connectivity index (χ0n) is 9.35. The van der Waals surface area contributed by atoms with Crippen molar-refractivity contribution in [2.45, 2.75) is 11.6 Å². The van der Waals surface area contributed by atoms with Crippen LogP contribution in [-0.2, 0) is 0 Å². The molecule has 1 aromatic rings. The maximum Gasteiger partial charge on any atom is 0.0960 e. The summed E-state index contributed by atoms with van der Waals surface area (Å²) in [5.41, 5.74) is 13.4. The van der Waals surface area contributed by atoms with Crippen LogP contribution >= 0.6 is 0 Å². The molecule has 0 saturated carbocycles. The van der Waals surface area contributed by atoms with Crippen LogP contribution in [0, 0.1) is 0 Å². The van der Waals surface area contributed by atoms with Crippen molar-refractivity contribution >= 4 is 5.69 Å². The SMILES string of the molecule is CNC1(N)C=CC=CC1c1cccc(N)c1. The molecular weight excluding hydrogens is 198 g/mol. The van der Waals surface area contributed by atoms with Crippen LogP contribution in [0.4, 0.5) is 5.69 Å². The average Bonchev–Trinajstić information content (AvgIpc) is 2.29. The molecule has 2 rings (SSSR count). The van der Waals surface area contributed by atoms with Crippen molar-refractivity contribution in [2.75, 3.05) is 12.8 Å². The Hall–Kier alpha value is -1.58. The number of nitrogens with one attached hydrogen (secondary N) is 1. The number of benzene rings is 1. The van der Waals surface area contributed by atoms with Gasteiger partial charge in [0.2, 0.25) is 0 Å². The summed E-state index contributed by atoms with van der Waals surface area (Å²) in [6, 6.07) is 7.84. The molecule has 0 aromatic heterocycles. The summed E-state index contributed by atoms with van der Waals surface area (Å²) in [6.07, 6.45) is 8.03. The maximum absolute atomic E-state index is 6.29. The van der Waals surface area contributed by atoms with Crippen molar-refractivity contribution in [2.24, 2.45) is 5.73 Å². The van der Waals surface area contributed by atoms with Crippen LogP contribution in [0.2, 0.25) is 0 Å². The van der Waals surface area contributed by atoms with Gasteiger partial charge < -0.3 is 11.5 Å². The number of rotatable bonds is 2.